The third-order valence-corrected chi connectivity index (χ3v) is 7.57. The minimum atomic E-state index is -0.315. The van der Waals surface area contributed by atoms with Gasteiger partial charge in [-0.05, 0) is 43.7 Å². The standard InChI is InChI=1S/C30H33FN6O2/c1-18-16-37(28(20-7-9-21(31)10-8-20)29-34-25(17-39-29)30(3,4)5)19(2)15-36(18)24-13-26(38)35(6)23-12-11-22(14-32)33-27(23)24/h7-13,17-19,28H,15-16H2,1-6H3/t18-,19+,28?/m0/s1. The van der Waals surface area contributed by atoms with Gasteiger partial charge >= 0.3 is 0 Å². The smallest absolute Gasteiger partial charge is 0.252 e. The van der Waals surface area contributed by atoms with Crippen LogP contribution >= 0.6 is 0 Å². The molecule has 0 saturated carbocycles. The number of nitrogens with zero attached hydrogens (tertiary/aromatic N) is 6. The number of benzene rings is 1. The zero-order chi connectivity index (χ0) is 28.1. The topological polar surface area (TPSA) is 91.2 Å². The predicted octanol–water partition coefficient (Wildman–Crippen LogP) is 4.92. The molecule has 5 rings (SSSR count). The van der Waals surface area contributed by atoms with Crippen LogP contribution in [0.2, 0.25) is 0 Å². The first-order valence-electron chi connectivity index (χ1n) is 13.1. The predicted molar refractivity (Wildman–Crippen MR) is 148 cm³/mol. The molecule has 9 heteroatoms. The molecule has 1 unspecified atom stereocenters. The molecule has 0 amide bonds. The summed E-state index contributed by atoms with van der Waals surface area (Å²) in [6, 6.07) is 13.3. The zero-order valence-electron chi connectivity index (χ0n) is 23.1. The average molecular weight is 529 g/mol. The van der Waals surface area contributed by atoms with Crippen molar-refractivity contribution in [2.24, 2.45) is 7.05 Å². The van der Waals surface area contributed by atoms with Crippen LogP contribution in [-0.2, 0) is 12.5 Å². The number of aromatic nitrogens is 3. The maximum absolute atomic E-state index is 13.9. The van der Waals surface area contributed by atoms with Gasteiger partial charge in [0, 0.05) is 43.7 Å². The zero-order valence-corrected chi connectivity index (χ0v) is 23.1. The van der Waals surface area contributed by atoms with E-state index in [9.17, 15) is 14.4 Å². The Morgan fingerprint density at radius 1 is 1.08 bits per heavy atom. The molecule has 0 spiro atoms. The molecule has 0 bridgehead atoms. The molecule has 202 valence electrons. The molecule has 1 aliphatic rings. The molecule has 0 aliphatic carbocycles. The summed E-state index contributed by atoms with van der Waals surface area (Å²) in [5, 5.41) is 9.46. The van der Waals surface area contributed by atoms with Gasteiger partial charge < -0.3 is 13.9 Å². The number of anilines is 1. The van der Waals surface area contributed by atoms with E-state index in [1.807, 2.05) is 0 Å². The Bertz CT molecular complexity index is 1610. The monoisotopic (exact) mass is 528 g/mol. The first-order chi connectivity index (χ1) is 18.5. The highest BCUT2D eigenvalue weighted by molar-refractivity contribution is 5.89. The van der Waals surface area contributed by atoms with E-state index in [2.05, 4.69) is 55.5 Å². The van der Waals surface area contributed by atoms with Crippen molar-refractivity contribution in [3.8, 4) is 6.07 Å². The normalized spacial score (nSPS) is 19.3. The molecule has 4 aromatic rings. The molecule has 3 atom stereocenters. The number of rotatable bonds is 4. The number of aryl methyl sites for hydroxylation is 1. The molecule has 4 heterocycles. The number of piperazine rings is 1. The van der Waals surface area contributed by atoms with Gasteiger partial charge in [-0.15, -0.1) is 0 Å². The highest BCUT2D eigenvalue weighted by atomic mass is 19.1. The summed E-state index contributed by atoms with van der Waals surface area (Å²) in [5.41, 5.74) is 3.76. The third kappa shape index (κ3) is 4.92. The fourth-order valence-electron chi connectivity index (χ4n) is 5.32. The van der Waals surface area contributed by atoms with Gasteiger partial charge in [-0.25, -0.2) is 14.4 Å². The van der Waals surface area contributed by atoms with Crippen molar-refractivity contribution in [2.75, 3.05) is 18.0 Å². The van der Waals surface area contributed by atoms with Crippen LogP contribution in [0.4, 0.5) is 10.1 Å². The second-order valence-corrected chi connectivity index (χ2v) is 11.4. The lowest BCUT2D eigenvalue weighted by Crippen LogP contribution is -2.57. The molecule has 0 radical (unpaired) electrons. The number of halogens is 1. The van der Waals surface area contributed by atoms with Crippen molar-refractivity contribution < 1.29 is 8.81 Å². The first-order valence-corrected chi connectivity index (χ1v) is 13.1. The summed E-state index contributed by atoms with van der Waals surface area (Å²) in [6.07, 6.45) is 1.71. The van der Waals surface area contributed by atoms with E-state index in [0.717, 1.165) is 11.3 Å². The van der Waals surface area contributed by atoms with E-state index in [-0.39, 0.29) is 34.9 Å². The Kier molecular flexibility index (Phi) is 6.77. The van der Waals surface area contributed by atoms with Gasteiger partial charge in [0.15, 0.2) is 0 Å². The Balaban J connectivity index is 1.55. The summed E-state index contributed by atoms with van der Waals surface area (Å²) < 4.78 is 21.5. The lowest BCUT2D eigenvalue weighted by Gasteiger charge is -2.47. The minimum absolute atomic E-state index is 0.0101. The van der Waals surface area contributed by atoms with Crippen molar-refractivity contribution in [3.05, 3.63) is 87.7 Å². The van der Waals surface area contributed by atoms with Gasteiger partial charge in [0.05, 0.1) is 16.9 Å². The third-order valence-electron chi connectivity index (χ3n) is 7.57. The Morgan fingerprint density at radius 3 is 2.44 bits per heavy atom. The fourth-order valence-corrected chi connectivity index (χ4v) is 5.32. The molecule has 1 aliphatic heterocycles. The van der Waals surface area contributed by atoms with Crippen LogP contribution in [0.3, 0.4) is 0 Å². The van der Waals surface area contributed by atoms with Gasteiger partial charge in [-0.2, -0.15) is 5.26 Å². The van der Waals surface area contributed by atoms with Crippen LogP contribution < -0.4 is 10.5 Å². The molecular formula is C30H33FN6O2. The minimum Gasteiger partial charge on any atom is -0.447 e. The van der Waals surface area contributed by atoms with E-state index in [4.69, 9.17) is 9.40 Å². The van der Waals surface area contributed by atoms with Crippen molar-refractivity contribution in [1.82, 2.24) is 19.4 Å². The fraction of sp³-hybridized carbons (Fsp3) is 0.400. The Hall–Kier alpha value is -4.03. The van der Waals surface area contributed by atoms with Crippen LogP contribution in [-0.4, -0.2) is 44.6 Å². The Labute approximate surface area is 227 Å². The molecule has 1 aromatic carbocycles. The SMILES string of the molecule is C[C@@H]1CN(c2cc(=O)n(C)c3ccc(C#N)nc23)[C@@H](C)CN1C(c1ccc(F)cc1)c1nc(C(C)(C)C)co1. The lowest BCUT2D eigenvalue weighted by atomic mass is 9.93. The second-order valence-electron chi connectivity index (χ2n) is 11.4. The largest absolute Gasteiger partial charge is 0.447 e. The van der Waals surface area contributed by atoms with E-state index >= 15 is 0 Å². The summed E-state index contributed by atoms with van der Waals surface area (Å²) in [5.74, 6) is 0.270. The van der Waals surface area contributed by atoms with Crippen molar-refractivity contribution in [1.29, 1.82) is 5.26 Å². The van der Waals surface area contributed by atoms with Gasteiger partial charge in [-0.3, -0.25) is 9.69 Å². The molecule has 39 heavy (non-hydrogen) atoms. The van der Waals surface area contributed by atoms with E-state index in [1.54, 1.807) is 48.2 Å². The van der Waals surface area contributed by atoms with Crippen LogP contribution in [0.1, 0.15) is 63.5 Å². The van der Waals surface area contributed by atoms with Gasteiger partial charge in [-0.1, -0.05) is 32.9 Å². The van der Waals surface area contributed by atoms with Gasteiger partial charge in [0.1, 0.15) is 35.4 Å². The number of pyridine rings is 2. The number of hydrogen-bond donors (Lipinski definition) is 0. The Morgan fingerprint density at radius 2 is 1.79 bits per heavy atom. The van der Waals surface area contributed by atoms with Crippen molar-refractivity contribution >= 4 is 16.7 Å². The molecule has 1 fully saturated rings. The number of nitriles is 1. The quantitative estimate of drug-likeness (QED) is 0.371. The molecule has 8 nitrogen and oxygen atoms in total. The molecule has 3 aromatic heterocycles. The van der Waals surface area contributed by atoms with E-state index < -0.39 is 0 Å². The van der Waals surface area contributed by atoms with Crippen molar-refractivity contribution in [2.45, 2.75) is 58.2 Å². The summed E-state index contributed by atoms with van der Waals surface area (Å²) in [7, 11) is 1.71. The number of oxazole rings is 1. The maximum Gasteiger partial charge on any atom is 0.252 e. The lowest BCUT2D eigenvalue weighted by molar-refractivity contribution is 0.114. The van der Waals surface area contributed by atoms with Crippen LogP contribution in [0.25, 0.3) is 11.0 Å². The number of hydrogen-bond acceptors (Lipinski definition) is 7. The van der Waals surface area contributed by atoms with Crippen LogP contribution in [0.15, 0.2) is 57.9 Å². The second kappa shape index (κ2) is 9.93. The maximum atomic E-state index is 13.9. The average Bonchev–Trinajstić information content (AvgIpc) is 3.40. The summed E-state index contributed by atoms with van der Waals surface area (Å²) >= 11 is 0. The van der Waals surface area contributed by atoms with Crippen LogP contribution in [0.5, 0.6) is 0 Å². The van der Waals surface area contributed by atoms with Crippen LogP contribution in [0, 0.1) is 17.1 Å². The molecule has 1 saturated heterocycles. The summed E-state index contributed by atoms with van der Waals surface area (Å²) in [4.78, 5) is 26.8. The molecular weight excluding hydrogens is 495 g/mol. The first kappa shape index (κ1) is 26.6. The molecule has 0 N–H and O–H groups in total. The van der Waals surface area contributed by atoms with E-state index in [1.165, 1.54) is 12.1 Å². The highest BCUT2D eigenvalue weighted by Crippen LogP contribution is 2.36. The van der Waals surface area contributed by atoms with Gasteiger partial charge in [0.25, 0.3) is 5.56 Å². The highest BCUT2D eigenvalue weighted by Gasteiger charge is 2.38. The van der Waals surface area contributed by atoms with Gasteiger partial charge in [0.2, 0.25) is 5.89 Å². The van der Waals surface area contributed by atoms with E-state index in [0.29, 0.717) is 41.4 Å². The summed E-state index contributed by atoms with van der Waals surface area (Å²) in [6.45, 7) is 11.7. The number of fused-ring (bicyclic) bond motifs is 1. The van der Waals surface area contributed by atoms with Crippen molar-refractivity contribution in [3.63, 3.8) is 0 Å².